The topological polar surface area (TPSA) is 33.6 Å². The molecular weight excluding hydrogens is 200 g/mol. The normalized spacial score (nSPS) is 14.5. The van der Waals surface area contributed by atoms with Gasteiger partial charge in [0, 0.05) is 11.2 Å². The van der Waals surface area contributed by atoms with Crippen molar-refractivity contribution in [1.29, 1.82) is 0 Å². The SMILES string of the molecule is Clc1ccc(OC2=CNC=NC2)cc1. The molecule has 14 heavy (non-hydrogen) atoms. The summed E-state index contributed by atoms with van der Waals surface area (Å²) in [5.41, 5.74) is 0. The van der Waals surface area contributed by atoms with Crippen LogP contribution in [-0.4, -0.2) is 12.9 Å². The van der Waals surface area contributed by atoms with E-state index in [1.54, 1.807) is 24.7 Å². The summed E-state index contributed by atoms with van der Waals surface area (Å²) in [6.45, 7) is 0.565. The number of aliphatic imine (C=N–C) groups is 1. The van der Waals surface area contributed by atoms with Gasteiger partial charge in [0.05, 0.1) is 6.34 Å². The van der Waals surface area contributed by atoms with Gasteiger partial charge in [-0.15, -0.1) is 0 Å². The maximum absolute atomic E-state index is 5.75. The van der Waals surface area contributed by atoms with E-state index < -0.39 is 0 Å². The molecule has 0 saturated carbocycles. The molecule has 0 fully saturated rings. The largest absolute Gasteiger partial charge is 0.458 e. The van der Waals surface area contributed by atoms with Crippen molar-refractivity contribution in [2.24, 2.45) is 4.99 Å². The van der Waals surface area contributed by atoms with Crippen LogP contribution in [-0.2, 0) is 0 Å². The van der Waals surface area contributed by atoms with Crippen LogP contribution >= 0.6 is 11.6 Å². The molecule has 1 aromatic carbocycles. The molecule has 0 radical (unpaired) electrons. The molecular formula is C10H9ClN2O. The summed E-state index contributed by atoms with van der Waals surface area (Å²) in [7, 11) is 0. The van der Waals surface area contributed by atoms with Crippen molar-refractivity contribution in [3.8, 4) is 5.75 Å². The molecule has 2 rings (SSSR count). The fraction of sp³-hybridized carbons (Fsp3) is 0.100. The highest BCUT2D eigenvalue weighted by molar-refractivity contribution is 6.30. The lowest BCUT2D eigenvalue weighted by molar-refractivity contribution is 0.413. The number of nitrogens with zero attached hydrogens (tertiary/aromatic N) is 1. The minimum atomic E-state index is 0.565. The van der Waals surface area contributed by atoms with Crippen LogP contribution in [0, 0.1) is 0 Å². The highest BCUT2D eigenvalue weighted by atomic mass is 35.5. The third-order valence-corrected chi connectivity index (χ3v) is 1.97. The zero-order valence-electron chi connectivity index (χ0n) is 7.40. The van der Waals surface area contributed by atoms with E-state index in [0.717, 1.165) is 11.5 Å². The van der Waals surface area contributed by atoms with Crippen LogP contribution in [0.3, 0.4) is 0 Å². The van der Waals surface area contributed by atoms with Gasteiger partial charge in [-0.1, -0.05) is 11.6 Å². The number of benzene rings is 1. The molecule has 0 spiro atoms. The molecule has 0 bridgehead atoms. The Morgan fingerprint density at radius 2 is 2.07 bits per heavy atom. The lowest BCUT2D eigenvalue weighted by Gasteiger charge is -2.10. The van der Waals surface area contributed by atoms with Crippen LogP contribution in [0.1, 0.15) is 0 Å². The summed E-state index contributed by atoms with van der Waals surface area (Å²) in [6, 6.07) is 7.22. The summed E-state index contributed by atoms with van der Waals surface area (Å²) in [4.78, 5) is 4.02. The Morgan fingerprint density at radius 3 is 2.71 bits per heavy atom. The Kier molecular flexibility index (Phi) is 2.70. The smallest absolute Gasteiger partial charge is 0.141 e. The number of ether oxygens (including phenoxy) is 1. The minimum Gasteiger partial charge on any atom is -0.458 e. The number of nitrogens with one attached hydrogen (secondary N) is 1. The maximum Gasteiger partial charge on any atom is 0.141 e. The molecule has 0 aliphatic carbocycles. The highest BCUT2D eigenvalue weighted by Gasteiger charge is 2.01. The third kappa shape index (κ3) is 2.26. The first-order valence-electron chi connectivity index (χ1n) is 4.21. The molecule has 0 unspecified atom stereocenters. The zero-order valence-corrected chi connectivity index (χ0v) is 8.16. The van der Waals surface area contributed by atoms with Crippen LogP contribution in [0.4, 0.5) is 0 Å². The fourth-order valence-electron chi connectivity index (χ4n) is 1.08. The molecule has 1 heterocycles. The Balaban J connectivity index is 2.03. The van der Waals surface area contributed by atoms with Crippen molar-refractivity contribution in [3.63, 3.8) is 0 Å². The van der Waals surface area contributed by atoms with Crippen LogP contribution in [0.5, 0.6) is 5.75 Å². The van der Waals surface area contributed by atoms with Crippen molar-refractivity contribution in [1.82, 2.24) is 5.32 Å². The van der Waals surface area contributed by atoms with E-state index in [1.807, 2.05) is 12.1 Å². The van der Waals surface area contributed by atoms with Crippen LogP contribution < -0.4 is 10.1 Å². The summed E-state index contributed by atoms with van der Waals surface area (Å²) >= 11 is 5.75. The quantitative estimate of drug-likeness (QED) is 0.809. The first-order chi connectivity index (χ1) is 6.84. The molecule has 1 aromatic rings. The van der Waals surface area contributed by atoms with E-state index in [2.05, 4.69) is 10.3 Å². The lowest BCUT2D eigenvalue weighted by Crippen LogP contribution is -2.13. The molecule has 0 aromatic heterocycles. The maximum atomic E-state index is 5.75. The summed E-state index contributed by atoms with van der Waals surface area (Å²) in [6.07, 6.45) is 3.41. The van der Waals surface area contributed by atoms with Gasteiger partial charge < -0.3 is 10.1 Å². The number of hydrogen-bond donors (Lipinski definition) is 1. The van der Waals surface area contributed by atoms with E-state index in [9.17, 15) is 0 Å². The van der Waals surface area contributed by atoms with Gasteiger partial charge in [-0.05, 0) is 24.3 Å². The molecule has 4 heteroatoms. The predicted octanol–water partition coefficient (Wildman–Crippen LogP) is 2.19. The Hall–Kier alpha value is -1.48. The third-order valence-electron chi connectivity index (χ3n) is 1.72. The predicted molar refractivity (Wildman–Crippen MR) is 56.7 cm³/mol. The Labute approximate surface area is 87.1 Å². The van der Waals surface area contributed by atoms with Crippen molar-refractivity contribution in [2.75, 3.05) is 6.54 Å². The number of rotatable bonds is 2. The van der Waals surface area contributed by atoms with Crippen LogP contribution in [0.25, 0.3) is 0 Å². The van der Waals surface area contributed by atoms with E-state index in [4.69, 9.17) is 16.3 Å². The van der Waals surface area contributed by atoms with E-state index >= 15 is 0 Å². The van der Waals surface area contributed by atoms with Gasteiger partial charge in [0.2, 0.25) is 0 Å². The molecule has 72 valence electrons. The van der Waals surface area contributed by atoms with Crippen molar-refractivity contribution in [3.05, 3.63) is 41.2 Å². The average molecular weight is 209 g/mol. The standard InChI is InChI=1S/C10H9ClN2O/c11-8-1-3-9(4-2-8)14-10-5-12-7-13-6-10/h1-5,7H,6H2,(H,12,13). The molecule has 0 atom stereocenters. The van der Waals surface area contributed by atoms with Gasteiger partial charge in [0.25, 0.3) is 0 Å². The summed E-state index contributed by atoms with van der Waals surface area (Å²) in [5, 5.41) is 3.56. The first-order valence-corrected chi connectivity index (χ1v) is 4.59. The minimum absolute atomic E-state index is 0.565. The van der Waals surface area contributed by atoms with Crippen molar-refractivity contribution in [2.45, 2.75) is 0 Å². The van der Waals surface area contributed by atoms with Crippen molar-refractivity contribution < 1.29 is 4.74 Å². The van der Waals surface area contributed by atoms with Gasteiger partial charge in [-0.2, -0.15) is 0 Å². The lowest BCUT2D eigenvalue weighted by atomic mass is 10.3. The molecule has 1 aliphatic rings. The van der Waals surface area contributed by atoms with Crippen LogP contribution in [0.15, 0.2) is 41.2 Å². The second-order valence-corrected chi connectivity index (χ2v) is 3.24. The summed E-state index contributed by atoms with van der Waals surface area (Å²) < 4.78 is 5.54. The van der Waals surface area contributed by atoms with E-state index in [-0.39, 0.29) is 0 Å². The van der Waals surface area contributed by atoms with E-state index in [0.29, 0.717) is 11.6 Å². The first kappa shape index (κ1) is 9.09. The summed E-state index contributed by atoms with van der Waals surface area (Å²) in [5.74, 6) is 1.55. The monoisotopic (exact) mass is 208 g/mol. The molecule has 3 nitrogen and oxygen atoms in total. The van der Waals surface area contributed by atoms with E-state index in [1.165, 1.54) is 0 Å². The van der Waals surface area contributed by atoms with Gasteiger partial charge in [-0.25, -0.2) is 0 Å². The van der Waals surface area contributed by atoms with Crippen molar-refractivity contribution >= 4 is 17.9 Å². The molecule has 0 amide bonds. The number of halogens is 1. The average Bonchev–Trinajstić information content (AvgIpc) is 2.23. The molecule has 0 saturated heterocycles. The second kappa shape index (κ2) is 4.15. The highest BCUT2D eigenvalue weighted by Crippen LogP contribution is 2.17. The Morgan fingerprint density at radius 1 is 1.29 bits per heavy atom. The fourth-order valence-corrected chi connectivity index (χ4v) is 1.21. The Bertz CT molecular complexity index is 370. The molecule has 1 aliphatic heterocycles. The van der Waals surface area contributed by atoms with Gasteiger partial charge in [0.15, 0.2) is 0 Å². The number of hydrogen-bond acceptors (Lipinski definition) is 3. The molecule has 1 N–H and O–H groups in total. The van der Waals surface area contributed by atoms with Gasteiger partial charge in [0.1, 0.15) is 18.1 Å². The second-order valence-electron chi connectivity index (χ2n) is 2.80. The van der Waals surface area contributed by atoms with Gasteiger partial charge in [-0.3, -0.25) is 4.99 Å². The zero-order chi connectivity index (χ0) is 9.80. The van der Waals surface area contributed by atoms with Gasteiger partial charge >= 0.3 is 0 Å². The van der Waals surface area contributed by atoms with Crippen LogP contribution in [0.2, 0.25) is 5.02 Å².